The Morgan fingerprint density at radius 2 is 2.41 bits per heavy atom. The average molecular weight is 237 g/mol. The van der Waals surface area contributed by atoms with Gasteiger partial charge in [0.1, 0.15) is 0 Å². The molecule has 1 aliphatic rings. The molecule has 0 aliphatic carbocycles. The van der Waals surface area contributed by atoms with Gasteiger partial charge in [-0.05, 0) is 38.1 Å². The van der Waals surface area contributed by atoms with Crippen molar-refractivity contribution in [3.8, 4) is 5.75 Å². The fourth-order valence-electron chi connectivity index (χ4n) is 2.04. The van der Waals surface area contributed by atoms with E-state index in [1.54, 1.807) is 13.0 Å². The predicted octanol–water partition coefficient (Wildman–Crippen LogP) is 2.02. The molecule has 0 aromatic heterocycles. The highest BCUT2D eigenvalue weighted by Gasteiger charge is 2.24. The maximum atomic E-state index is 13.6. The summed E-state index contributed by atoms with van der Waals surface area (Å²) in [6, 6.07) is 4.43. The summed E-state index contributed by atoms with van der Waals surface area (Å²) in [5.41, 5.74) is 0.430. The van der Waals surface area contributed by atoms with E-state index in [0.29, 0.717) is 18.7 Å². The molecule has 1 saturated heterocycles. The van der Waals surface area contributed by atoms with E-state index in [1.165, 1.54) is 12.1 Å². The van der Waals surface area contributed by atoms with Crippen molar-refractivity contribution in [2.45, 2.75) is 13.3 Å². The number of rotatable bonds is 4. The summed E-state index contributed by atoms with van der Waals surface area (Å²) in [7, 11) is 0. The number of nitrogens with one attached hydrogen (secondary N) is 1. The highest BCUT2D eigenvalue weighted by atomic mass is 19.1. The van der Waals surface area contributed by atoms with Crippen molar-refractivity contribution >= 4 is 5.78 Å². The number of carbonyl (C=O) groups excluding carboxylic acids is 1. The highest BCUT2D eigenvalue weighted by molar-refractivity contribution is 5.98. The van der Waals surface area contributed by atoms with Crippen molar-refractivity contribution in [2.75, 3.05) is 19.7 Å². The molecule has 0 saturated carbocycles. The van der Waals surface area contributed by atoms with Crippen LogP contribution < -0.4 is 10.1 Å². The van der Waals surface area contributed by atoms with Crippen molar-refractivity contribution in [3.63, 3.8) is 0 Å². The van der Waals surface area contributed by atoms with Crippen molar-refractivity contribution < 1.29 is 13.9 Å². The monoisotopic (exact) mass is 237 g/mol. The first-order valence-corrected chi connectivity index (χ1v) is 5.89. The first-order chi connectivity index (χ1) is 8.22. The molecule has 1 atom stereocenters. The zero-order valence-corrected chi connectivity index (χ0v) is 9.83. The van der Waals surface area contributed by atoms with Crippen LogP contribution in [0.3, 0.4) is 0 Å². The summed E-state index contributed by atoms with van der Waals surface area (Å²) in [5, 5.41) is 3.13. The normalized spacial score (nSPS) is 19.3. The molecule has 1 aliphatic heterocycles. The molecular weight excluding hydrogens is 221 g/mol. The molecule has 1 aromatic carbocycles. The third-order valence-corrected chi connectivity index (χ3v) is 2.95. The molecule has 4 heteroatoms. The predicted molar refractivity (Wildman–Crippen MR) is 62.9 cm³/mol. The van der Waals surface area contributed by atoms with Crippen LogP contribution in [0.5, 0.6) is 5.75 Å². The number of halogens is 1. The molecule has 3 nitrogen and oxygen atoms in total. The molecule has 1 heterocycles. The van der Waals surface area contributed by atoms with Crippen LogP contribution in [0.2, 0.25) is 0 Å². The van der Waals surface area contributed by atoms with Gasteiger partial charge < -0.3 is 10.1 Å². The van der Waals surface area contributed by atoms with E-state index < -0.39 is 5.82 Å². The van der Waals surface area contributed by atoms with Gasteiger partial charge >= 0.3 is 0 Å². The molecule has 0 amide bonds. The van der Waals surface area contributed by atoms with Crippen LogP contribution in [-0.4, -0.2) is 25.5 Å². The molecule has 0 radical (unpaired) electrons. The number of Topliss-reactive ketones (excluding diaryl/α,β-unsaturated/α-hetero) is 1. The lowest BCUT2D eigenvalue weighted by molar-refractivity contribution is 0.0930. The molecule has 1 unspecified atom stereocenters. The number of ether oxygens (including phenoxy) is 1. The Balaban J connectivity index is 2.16. The fraction of sp³-hybridized carbons (Fsp3) is 0.462. The Labute approximate surface area is 100.0 Å². The van der Waals surface area contributed by atoms with E-state index in [4.69, 9.17) is 4.74 Å². The molecule has 1 fully saturated rings. The molecule has 0 spiro atoms. The smallest absolute Gasteiger partial charge is 0.167 e. The Morgan fingerprint density at radius 3 is 3.00 bits per heavy atom. The molecular formula is C13H16FNO2. The lowest BCUT2D eigenvalue weighted by atomic mass is 9.97. The minimum atomic E-state index is -0.469. The van der Waals surface area contributed by atoms with Gasteiger partial charge in [-0.25, -0.2) is 4.39 Å². The quantitative estimate of drug-likeness (QED) is 0.814. The molecule has 92 valence electrons. The van der Waals surface area contributed by atoms with E-state index in [-0.39, 0.29) is 17.5 Å². The fourth-order valence-corrected chi connectivity index (χ4v) is 2.04. The maximum absolute atomic E-state index is 13.6. The van der Waals surface area contributed by atoms with Crippen LogP contribution in [0.4, 0.5) is 4.39 Å². The minimum absolute atomic E-state index is 0.0111. The van der Waals surface area contributed by atoms with Gasteiger partial charge in [0.15, 0.2) is 17.3 Å². The van der Waals surface area contributed by atoms with E-state index in [2.05, 4.69) is 5.32 Å². The Hall–Kier alpha value is -1.42. The zero-order valence-electron chi connectivity index (χ0n) is 9.83. The number of hydrogen-bond acceptors (Lipinski definition) is 3. The van der Waals surface area contributed by atoms with Crippen LogP contribution in [0.15, 0.2) is 18.2 Å². The van der Waals surface area contributed by atoms with Gasteiger partial charge in [0, 0.05) is 18.0 Å². The Bertz CT molecular complexity index is 414. The van der Waals surface area contributed by atoms with Gasteiger partial charge in [0.05, 0.1) is 6.61 Å². The number of benzene rings is 1. The molecule has 1 aromatic rings. The summed E-state index contributed by atoms with van der Waals surface area (Å²) in [6.45, 7) is 3.75. The first-order valence-electron chi connectivity index (χ1n) is 5.89. The standard InChI is InChI=1S/C13H16FNO2/c1-2-17-12-4-3-9(7-11(12)14)13(16)10-5-6-15-8-10/h3-4,7,10,15H,2,5-6,8H2,1H3. The number of carbonyl (C=O) groups is 1. The van der Waals surface area contributed by atoms with Gasteiger partial charge in [0.25, 0.3) is 0 Å². The lowest BCUT2D eigenvalue weighted by Crippen LogP contribution is -2.18. The number of hydrogen-bond donors (Lipinski definition) is 1. The molecule has 17 heavy (non-hydrogen) atoms. The van der Waals surface area contributed by atoms with Crippen molar-refractivity contribution in [1.82, 2.24) is 5.32 Å². The summed E-state index contributed by atoms with van der Waals surface area (Å²) in [6.07, 6.45) is 0.827. The van der Waals surface area contributed by atoms with Gasteiger partial charge in [0.2, 0.25) is 0 Å². The van der Waals surface area contributed by atoms with Gasteiger partial charge in [-0.2, -0.15) is 0 Å². The van der Waals surface area contributed by atoms with E-state index in [0.717, 1.165) is 13.0 Å². The summed E-state index contributed by atoms with van der Waals surface area (Å²) in [4.78, 5) is 12.0. The van der Waals surface area contributed by atoms with Crippen LogP contribution in [0.25, 0.3) is 0 Å². The second kappa shape index (κ2) is 5.27. The van der Waals surface area contributed by atoms with E-state index in [9.17, 15) is 9.18 Å². The zero-order chi connectivity index (χ0) is 12.3. The van der Waals surface area contributed by atoms with Gasteiger partial charge in [-0.15, -0.1) is 0 Å². The highest BCUT2D eigenvalue weighted by Crippen LogP contribution is 2.21. The topological polar surface area (TPSA) is 38.3 Å². The minimum Gasteiger partial charge on any atom is -0.491 e. The average Bonchev–Trinajstić information content (AvgIpc) is 2.84. The molecule has 2 rings (SSSR count). The lowest BCUT2D eigenvalue weighted by Gasteiger charge is -2.09. The second-order valence-electron chi connectivity index (χ2n) is 4.13. The summed E-state index contributed by atoms with van der Waals surface area (Å²) >= 11 is 0. The Morgan fingerprint density at radius 1 is 1.59 bits per heavy atom. The second-order valence-corrected chi connectivity index (χ2v) is 4.13. The molecule has 1 N–H and O–H groups in total. The van der Waals surface area contributed by atoms with E-state index >= 15 is 0 Å². The Kier molecular flexibility index (Phi) is 3.74. The van der Waals surface area contributed by atoms with Crippen LogP contribution in [0, 0.1) is 11.7 Å². The van der Waals surface area contributed by atoms with Crippen LogP contribution >= 0.6 is 0 Å². The summed E-state index contributed by atoms with van der Waals surface area (Å²) in [5.74, 6) is -0.276. The maximum Gasteiger partial charge on any atom is 0.167 e. The van der Waals surface area contributed by atoms with Crippen molar-refractivity contribution in [1.29, 1.82) is 0 Å². The van der Waals surface area contributed by atoms with Crippen LogP contribution in [0.1, 0.15) is 23.7 Å². The van der Waals surface area contributed by atoms with Crippen LogP contribution in [-0.2, 0) is 0 Å². The summed E-state index contributed by atoms with van der Waals surface area (Å²) < 4.78 is 18.7. The SMILES string of the molecule is CCOc1ccc(C(=O)C2CCNC2)cc1F. The van der Waals surface area contributed by atoms with Gasteiger partial charge in [-0.1, -0.05) is 0 Å². The van der Waals surface area contributed by atoms with Crippen molar-refractivity contribution in [3.05, 3.63) is 29.6 Å². The third-order valence-electron chi connectivity index (χ3n) is 2.95. The van der Waals surface area contributed by atoms with Gasteiger partial charge in [-0.3, -0.25) is 4.79 Å². The van der Waals surface area contributed by atoms with E-state index in [1.807, 2.05) is 0 Å². The first kappa shape index (κ1) is 12.0. The van der Waals surface area contributed by atoms with Crippen molar-refractivity contribution in [2.24, 2.45) is 5.92 Å². The number of ketones is 1. The largest absolute Gasteiger partial charge is 0.491 e. The third kappa shape index (κ3) is 2.64. The molecule has 0 bridgehead atoms.